The number of aromatic nitrogens is 1. The van der Waals surface area contributed by atoms with Crippen molar-refractivity contribution in [3.8, 4) is 5.75 Å². The standard InChI is InChI=1S/C24H31N3O5/c1-5-32-19-10-8-17(9-11-19)13-25-22(28)18-7-6-12-27(14-18)23(29)21-15(2)20(16(3)26-21)24(30)31-4/h8-11,18,26H,5-7,12-14H2,1-4H3,(H,25,28)/t18-/m0/s1. The van der Waals surface area contributed by atoms with Gasteiger partial charge >= 0.3 is 5.97 Å². The molecule has 2 N–H and O–H groups in total. The number of carbonyl (C=O) groups excluding carboxylic acids is 3. The van der Waals surface area contributed by atoms with Crippen molar-refractivity contribution in [2.45, 2.75) is 40.2 Å². The summed E-state index contributed by atoms with van der Waals surface area (Å²) in [6.45, 7) is 7.36. The molecule has 2 heterocycles. The van der Waals surface area contributed by atoms with Gasteiger partial charge in [0.15, 0.2) is 0 Å². The number of esters is 1. The number of nitrogens with one attached hydrogen (secondary N) is 2. The van der Waals surface area contributed by atoms with Crippen molar-refractivity contribution in [2.24, 2.45) is 5.92 Å². The lowest BCUT2D eigenvalue weighted by atomic mass is 9.96. The highest BCUT2D eigenvalue weighted by atomic mass is 16.5. The van der Waals surface area contributed by atoms with Crippen molar-refractivity contribution >= 4 is 17.8 Å². The molecule has 1 aromatic carbocycles. The van der Waals surface area contributed by atoms with Crippen molar-refractivity contribution in [2.75, 3.05) is 26.8 Å². The molecule has 8 heteroatoms. The first-order valence-electron chi connectivity index (χ1n) is 10.9. The van der Waals surface area contributed by atoms with E-state index in [-0.39, 0.29) is 17.7 Å². The van der Waals surface area contributed by atoms with Crippen LogP contribution in [0.1, 0.15) is 57.4 Å². The Morgan fingerprint density at radius 3 is 2.56 bits per heavy atom. The fourth-order valence-electron chi connectivity index (χ4n) is 4.11. The molecule has 1 aliphatic heterocycles. The van der Waals surface area contributed by atoms with E-state index in [1.165, 1.54) is 7.11 Å². The number of rotatable bonds is 7. The van der Waals surface area contributed by atoms with Gasteiger partial charge in [0.05, 0.1) is 25.2 Å². The quantitative estimate of drug-likeness (QED) is 0.644. The third-order valence-electron chi connectivity index (χ3n) is 5.82. The van der Waals surface area contributed by atoms with Gasteiger partial charge in [-0.25, -0.2) is 4.79 Å². The Kier molecular flexibility index (Phi) is 7.56. The molecule has 1 fully saturated rings. The number of nitrogens with zero attached hydrogens (tertiary/aromatic N) is 1. The van der Waals surface area contributed by atoms with Gasteiger partial charge in [-0.1, -0.05) is 12.1 Å². The highest BCUT2D eigenvalue weighted by Crippen LogP contribution is 2.24. The van der Waals surface area contributed by atoms with Gasteiger partial charge in [0.25, 0.3) is 5.91 Å². The van der Waals surface area contributed by atoms with Gasteiger partial charge in [-0.3, -0.25) is 9.59 Å². The second-order valence-corrected chi connectivity index (χ2v) is 8.00. The number of benzene rings is 1. The van der Waals surface area contributed by atoms with Crippen molar-refractivity contribution < 1.29 is 23.9 Å². The fourth-order valence-corrected chi connectivity index (χ4v) is 4.11. The topological polar surface area (TPSA) is 101 Å². The van der Waals surface area contributed by atoms with Crippen molar-refractivity contribution in [3.05, 3.63) is 52.3 Å². The van der Waals surface area contributed by atoms with Crippen molar-refractivity contribution in [3.63, 3.8) is 0 Å². The molecule has 8 nitrogen and oxygen atoms in total. The number of aryl methyl sites for hydroxylation is 1. The Bertz CT molecular complexity index is 980. The molecule has 32 heavy (non-hydrogen) atoms. The lowest BCUT2D eigenvalue weighted by Gasteiger charge is -2.32. The largest absolute Gasteiger partial charge is 0.494 e. The number of H-pyrrole nitrogens is 1. The minimum Gasteiger partial charge on any atom is -0.494 e. The van der Waals surface area contributed by atoms with Crippen LogP contribution in [0.2, 0.25) is 0 Å². The number of ether oxygens (including phenoxy) is 2. The summed E-state index contributed by atoms with van der Waals surface area (Å²) in [4.78, 5) is 42.6. The number of likely N-dealkylation sites (tertiary alicyclic amines) is 1. The second-order valence-electron chi connectivity index (χ2n) is 8.00. The molecular formula is C24H31N3O5. The molecule has 0 radical (unpaired) electrons. The van der Waals surface area contributed by atoms with E-state index in [9.17, 15) is 14.4 Å². The lowest BCUT2D eigenvalue weighted by molar-refractivity contribution is -0.126. The SMILES string of the molecule is CCOc1ccc(CNC(=O)[C@H]2CCCN(C(=O)c3[nH]c(C)c(C(=O)OC)c3C)C2)cc1. The van der Waals surface area contributed by atoms with Crippen LogP contribution in [0.4, 0.5) is 0 Å². The smallest absolute Gasteiger partial charge is 0.339 e. The third kappa shape index (κ3) is 5.12. The van der Waals surface area contributed by atoms with Gasteiger partial charge in [-0.05, 0) is 56.9 Å². The Labute approximate surface area is 188 Å². The fraction of sp³-hybridized carbons (Fsp3) is 0.458. The number of piperidine rings is 1. The first-order valence-corrected chi connectivity index (χ1v) is 10.9. The maximum atomic E-state index is 13.1. The average molecular weight is 442 g/mol. The lowest BCUT2D eigenvalue weighted by Crippen LogP contribution is -2.45. The first-order chi connectivity index (χ1) is 15.3. The van der Waals surface area contributed by atoms with E-state index in [0.29, 0.717) is 48.8 Å². The van der Waals surface area contributed by atoms with E-state index in [2.05, 4.69) is 10.3 Å². The molecular weight excluding hydrogens is 410 g/mol. The predicted molar refractivity (Wildman–Crippen MR) is 120 cm³/mol. The van der Waals surface area contributed by atoms with E-state index in [4.69, 9.17) is 9.47 Å². The van der Waals surface area contributed by atoms with Gasteiger partial charge in [-0.2, -0.15) is 0 Å². The van der Waals surface area contributed by atoms with Gasteiger partial charge in [0.1, 0.15) is 11.4 Å². The van der Waals surface area contributed by atoms with E-state index < -0.39 is 5.97 Å². The van der Waals surface area contributed by atoms with Crippen LogP contribution in [-0.2, 0) is 16.1 Å². The van der Waals surface area contributed by atoms with Gasteiger partial charge in [0, 0.05) is 25.3 Å². The maximum absolute atomic E-state index is 13.1. The first kappa shape index (κ1) is 23.4. The number of amides is 2. The Morgan fingerprint density at radius 2 is 1.91 bits per heavy atom. The summed E-state index contributed by atoms with van der Waals surface area (Å²) in [5.74, 6) is -0.211. The van der Waals surface area contributed by atoms with Gasteiger partial charge in [-0.15, -0.1) is 0 Å². The van der Waals surface area contributed by atoms with Crippen LogP contribution in [0.25, 0.3) is 0 Å². The van der Waals surface area contributed by atoms with E-state index >= 15 is 0 Å². The third-order valence-corrected chi connectivity index (χ3v) is 5.82. The summed E-state index contributed by atoms with van der Waals surface area (Å²) in [5, 5.41) is 2.98. The summed E-state index contributed by atoms with van der Waals surface area (Å²) in [5.41, 5.74) is 2.91. The van der Waals surface area contributed by atoms with E-state index in [1.807, 2.05) is 31.2 Å². The Morgan fingerprint density at radius 1 is 1.19 bits per heavy atom. The maximum Gasteiger partial charge on any atom is 0.339 e. The van der Waals surface area contributed by atoms with Gasteiger partial charge in [0.2, 0.25) is 5.91 Å². The highest BCUT2D eigenvalue weighted by Gasteiger charge is 2.31. The zero-order valence-corrected chi connectivity index (χ0v) is 19.1. The van der Waals surface area contributed by atoms with Crippen LogP contribution < -0.4 is 10.1 Å². The summed E-state index contributed by atoms with van der Waals surface area (Å²) in [7, 11) is 1.32. The van der Waals surface area contributed by atoms with E-state index in [1.54, 1.807) is 18.7 Å². The zero-order chi connectivity index (χ0) is 23.3. The number of hydrogen-bond acceptors (Lipinski definition) is 5. The molecule has 0 unspecified atom stereocenters. The molecule has 172 valence electrons. The Balaban J connectivity index is 1.61. The molecule has 1 atom stereocenters. The van der Waals surface area contributed by atoms with Crippen LogP contribution in [0.5, 0.6) is 5.75 Å². The molecule has 0 spiro atoms. The van der Waals surface area contributed by atoms with Crippen molar-refractivity contribution in [1.29, 1.82) is 0 Å². The minimum absolute atomic E-state index is 0.0639. The van der Waals surface area contributed by atoms with Crippen LogP contribution in [0.3, 0.4) is 0 Å². The molecule has 0 bridgehead atoms. The molecule has 1 aliphatic rings. The zero-order valence-electron chi connectivity index (χ0n) is 19.1. The molecule has 3 rings (SSSR count). The van der Waals surface area contributed by atoms with Crippen molar-refractivity contribution in [1.82, 2.24) is 15.2 Å². The summed E-state index contributed by atoms with van der Waals surface area (Å²) < 4.78 is 10.3. The summed E-state index contributed by atoms with van der Waals surface area (Å²) >= 11 is 0. The number of hydrogen-bond donors (Lipinski definition) is 2. The monoisotopic (exact) mass is 441 g/mol. The van der Waals surface area contributed by atoms with Crippen LogP contribution in [0.15, 0.2) is 24.3 Å². The minimum atomic E-state index is -0.472. The normalized spacial score (nSPS) is 15.9. The highest BCUT2D eigenvalue weighted by molar-refractivity contribution is 6.00. The van der Waals surface area contributed by atoms with Crippen LogP contribution in [-0.4, -0.2) is 54.5 Å². The van der Waals surface area contributed by atoms with Crippen LogP contribution in [0, 0.1) is 19.8 Å². The molecule has 2 aromatic rings. The molecule has 1 aromatic heterocycles. The van der Waals surface area contributed by atoms with Gasteiger partial charge < -0.3 is 24.7 Å². The number of carbonyl (C=O) groups is 3. The van der Waals surface area contributed by atoms with E-state index in [0.717, 1.165) is 24.2 Å². The van der Waals surface area contributed by atoms with Crippen LogP contribution >= 0.6 is 0 Å². The molecule has 0 aliphatic carbocycles. The number of methoxy groups -OCH3 is 1. The molecule has 1 saturated heterocycles. The summed E-state index contributed by atoms with van der Waals surface area (Å²) in [6.07, 6.45) is 1.48. The molecule has 2 amide bonds. The average Bonchev–Trinajstić information content (AvgIpc) is 3.11. The second kappa shape index (κ2) is 10.3. The summed E-state index contributed by atoms with van der Waals surface area (Å²) in [6, 6.07) is 7.62. The molecule has 0 saturated carbocycles. The predicted octanol–water partition coefficient (Wildman–Crippen LogP) is 2.99. The number of aromatic amines is 1. The Hall–Kier alpha value is -3.29.